The Hall–Kier alpha value is -2.89. The van der Waals surface area contributed by atoms with Gasteiger partial charge in [0.15, 0.2) is 0 Å². The molecule has 1 saturated carbocycles. The first-order valence-corrected chi connectivity index (χ1v) is 9.41. The highest BCUT2D eigenvalue weighted by molar-refractivity contribution is 6.09. The molecule has 4 rings (SSSR count). The average molecular weight is 365 g/mol. The number of fused-ring (bicyclic) bond motifs is 1. The number of carbonyl (C=O) groups excluding carboxylic acids is 3. The van der Waals surface area contributed by atoms with E-state index in [1.165, 1.54) is 0 Å². The third kappa shape index (κ3) is 3.16. The Morgan fingerprint density at radius 2 is 1.85 bits per heavy atom. The molecule has 1 aliphatic carbocycles. The van der Waals surface area contributed by atoms with Crippen molar-refractivity contribution < 1.29 is 14.4 Å². The summed E-state index contributed by atoms with van der Waals surface area (Å²) in [6, 6.07) is 13.4. The van der Waals surface area contributed by atoms with E-state index in [0.717, 1.165) is 34.1 Å². The van der Waals surface area contributed by atoms with Gasteiger partial charge in [-0.15, -0.1) is 0 Å². The maximum atomic E-state index is 12.6. The molecule has 140 valence electrons. The van der Waals surface area contributed by atoms with Gasteiger partial charge in [0.2, 0.25) is 5.91 Å². The Morgan fingerprint density at radius 1 is 1.15 bits per heavy atom. The van der Waals surface area contributed by atoms with Crippen LogP contribution < -0.4 is 10.6 Å². The van der Waals surface area contributed by atoms with Crippen LogP contribution in [-0.4, -0.2) is 34.8 Å². The molecule has 2 aromatic rings. The maximum absolute atomic E-state index is 12.6. The van der Waals surface area contributed by atoms with Crippen LogP contribution in [0.25, 0.3) is 10.8 Å². The van der Waals surface area contributed by atoms with Crippen LogP contribution in [0.1, 0.15) is 44.2 Å². The Balaban J connectivity index is 1.42. The molecule has 1 spiro atoms. The van der Waals surface area contributed by atoms with E-state index in [0.29, 0.717) is 12.8 Å². The van der Waals surface area contributed by atoms with Crippen molar-refractivity contribution >= 4 is 28.6 Å². The van der Waals surface area contributed by atoms with Gasteiger partial charge in [0.1, 0.15) is 12.1 Å². The number of nitrogens with zero attached hydrogens (tertiary/aromatic N) is 1. The highest BCUT2D eigenvalue weighted by Gasteiger charge is 2.52. The van der Waals surface area contributed by atoms with Gasteiger partial charge < -0.3 is 10.6 Å². The molecule has 1 saturated heterocycles. The van der Waals surface area contributed by atoms with Crippen molar-refractivity contribution in [2.45, 2.75) is 44.2 Å². The number of hydrogen-bond acceptors (Lipinski definition) is 3. The largest absolute Gasteiger partial charge is 0.348 e. The molecule has 4 amide bonds. The molecule has 2 fully saturated rings. The van der Waals surface area contributed by atoms with Gasteiger partial charge in [-0.3, -0.25) is 14.5 Å². The van der Waals surface area contributed by atoms with Crippen molar-refractivity contribution in [1.29, 1.82) is 0 Å². The van der Waals surface area contributed by atoms with Crippen LogP contribution in [0.15, 0.2) is 42.5 Å². The zero-order chi connectivity index (χ0) is 19.0. The number of imide groups is 1. The van der Waals surface area contributed by atoms with E-state index in [4.69, 9.17) is 0 Å². The molecule has 6 heteroatoms. The summed E-state index contributed by atoms with van der Waals surface area (Å²) < 4.78 is 0. The van der Waals surface area contributed by atoms with Crippen LogP contribution in [0.4, 0.5) is 4.79 Å². The molecular weight excluding hydrogens is 342 g/mol. The molecule has 0 aromatic heterocycles. The van der Waals surface area contributed by atoms with Gasteiger partial charge in [0.05, 0.1) is 6.04 Å². The quantitative estimate of drug-likeness (QED) is 0.818. The fourth-order valence-electron chi connectivity index (χ4n) is 4.13. The van der Waals surface area contributed by atoms with Gasteiger partial charge in [-0.1, -0.05) is 49.2 Å². The minimum Gasteiger partial charge on any atom is -0.348 e. The third-order valence-corrected chi connectivity index (χ3v) is 5.66. The first-order valence-electron chi connectivity index (χ1n) is 9.41. The summed E-state index contributed by atoms with van der Waals surface area (Å²) in [6.07, 6.45) is 3.16. The van der Waals surface area contributed by atoms with Crippen molar-refractivity contribution in [2.75, 3.05) is 6.54 Å². The van der Waals surface area contributed by atoms with Crippen LogP contribution in [0.2, 0.25) is 0 Å². The topological polar surface area (TPSA) is 78.5 Å². The van der Waals surface area contributed by atoms with Gasteiger partial charge in [-0.2, -0.15) is 0 Å². The van der Waals surface area contributed by atoms with Crippen molar-refractivity contribution in [2.24, 2.45) is 0 Å². The number of benzene rings is 2. The second-order valence-electron chi connectivity index (χ2n) is 7.51. The molecule has 1 atom stereocenters. The summed E-state index contributed by atoms with van der Waals surface area (Å²) in [6.45, 7) is 1.65. The Labute approximate surface area is 157 Å². The maximum Gasteiger partial charge on any atom is 0.325 e. The molecule has 2 aliphatic rings. The second-order valence-corrected chi connectivity index (χ2v) is 7.51. The summed E-state index contributed by atoms with van der Waals surface area (Å²) in [7, 11) is 0. The zero-order valence-corrected chi connectivity index (χ0v) is 15.3. The Bertz CT molecular complexity index is 918. The summed E-state index contributed by atoms with van der Waals surface area (Å²) >= 11 is 0. The standard InChI is InChI=1S/C21H23N3O3/c1-14(16-9-8-15-6-2-3-7-17(15)12-16)22-18(25)13-24-19(26)21(23-20(24)27)10-4-5-11-21/h2-3,6-9,12,14H,4-5,10-11,13H2,1H3,(H,22,25)(H,23,27)/t14-/m1/s1. The van der Waals surface area contributed by atoms with Gasteiger partial charge in [0.25, 0.3) is 5.91 Å². The molecular formula is C21H23N3O3. The highest BCUT2D eigenvalue weighted by atomic mass is 16.2. The number of nitrogens with one attached hydrogen (secondary N) is 2. The van der Waals surface area contributed by atoms with Crippen LogP contribution in [0, 0.1) is 0 Å². The normalized spacial score (nSPS) is 19.5. The lowest BCUT2D eigenvalue weighted by Gasteiger charge is -2.20. The van der Waals surface area contributed by atoms with E-state index in [1.807, 2.05) is 49.4 Å². The molecule has 27 heavy (non-hydrogen) atoms. The Morgan fingerprint density at radius 3 is 2.59 bits per heavy atom. The predicted molar refractivity (Wildman–Crippen MR) is 102 cm³/mol. The van der Waals surface area contributed by atoms with Crippen molar-refractivity contribution in [1.82, 2.24) is 15.5 Å². The monoisotopic (exact) mass is 365 g/mol. The number of hydrogen-bond donors (Lipinski definition) is 2. The fourth-order valence-corrected chi connectivity index (χ4v) is 4.13. The van der Waals surface area contributed by atoms with E-state index < -0.39 is 11.6 Å². The SMILES string of the molecule is C[C@@H](NC(=O)CN1C(=O)NC2(CCCC2)C1=O)c1ccc2ccccc2c1. The van der Waals surface area contributed by atoms with Gasteiger partial charge in [-0.25, -0.2) is 4.79 Å². The Kier molecular flexibility index (Phi) is 4.34. The third-order valence-electron chi connectivity index (χ3n) is 5.66. The van der Waals surface area contributed by atoms with Crippen molar-refractivity contribution in [3.05, 3.63) is 48.0 Å². The van der Waals surface area contributed by atoms with Crippen molar-refractivity contribution in [3.8, 4) is 0 Å². The summed E-state index contributed by atoms with van der Waals surface area (Å²) in [5.41, 5.74) is 0.202. The average Bonchev–Trinajstić information content (AvgIpc) is 3.22. The predicted octanol–water partition coefficient (Wildman–Crippen LogP) is 2.88. The molecule has 0 bridgehead atoms. The summed E-state index contributed by atoms with van der Waals surface area (Å²) in [5.74, 6) is -0.604. The summed E-state index contributed by atoms with van der Waals surface area (Å²) in [5, 5.41) is 7.94. The lowest BCUT2D eigenvalue weighted by molar-refractivity contribution is -0.135. The number of urea groups is 1. The van der Waals surface area contributed by atoms with Gasteiger partial charge in [-0.05, 0) is 42.2 Å². The van der Waals surface area contributed by atoms with E-state index in [2.05, 4.69) is 10.6 Å². The molecule has 6 nitrogen and oxygen atoms in total. The molecule has 1 aliphatic heterocycles. The lowest BCUT2D eigenvalue weighted by atomic mass is 9.98. The zero-order valence-electron chi connectivity index (χ0n) is 15.3. The molecule has 0 unspecified atom stereocenters. The smallest absolute Gasteiger partial charge is 0.325 e. The lowest BCUT2D eigenvalue weighted by Crippen LogP contribution is -2.45. The van der Waals surface area contributed by atoms with Gasteiger partial charge in [0, 0.05) is 0 Å². The minimum atomic E-state index is -0.776. The number of rotatable bonds is 4. The number of amides is 4. The van der Waals surface area contributed by atoms with Crippen LogP contribution in [0.3, 0.4) is 0 Å². The molecule has 2 aromatic carbocycles. The van der Waals surface area contributed by atoms with Crippen LogP contribution >= 0.6 is 0 Å². The van der Waals surface area contributed by atoms with Crippen LogP contribution in [0.5, 0.6) is 0 Å². The minimum absolute atomic E-state index is 0.219. The van der Waals surface area contributed by atoms with E-state index >= 15 is 0 Å². The van der Waals surface area contributed by atoms with E-state index in [1.54, 1.807) is 0 Å². The molecule has 0 radical (unpaired) electrons. The van der Waals surface area contributed by atoms with E-state index in [9.17, 15) is 14.4 Å². The van der Waals surface area contributed by atoms with Gasteiger partial charge >= 0.3 is 6.03 Å². The molecule has 1 heterocycles. The van der Waals surface area contributed by atoms with E-state index in [-0.39, 0.29) is 24.4 Å². The number of carbonyl (C=O) groups is 3. The second kappa shape index (κ2) is 6.68. The van der Waals surface area contributed by atoms with Crippen molar-refractivity contribution in [3.63, 3.8) is 0 Å². The fraction of sp³-hybridized carbons (Fsp3) is 0.381. The summed E-state index contributed by atoms with van der Waals surface area (Å²) in [4.78, 5) is 38.3. The molecule has 2 N–H and O–H groups in total. The van der Waals surface area contributed by atoms with Crippen LogP contribution in [-0.2, 0) is 9.59 Å². The highest BCUT2D eigenvalue weighted by Crippen LogP contribution is 2.34. The first kappa shape index (κ1) is 17.5. The first-order chi connectivity index (χ1) is 13.0.